The van der Waals surface area contributed by atoms with Gasteiger partial charge in [0.15, 0.2) is 0 Å². The van der Waals surface area contributed by atoms with Gasteiger partial charge in [-0.15, -0.1) is 0 Å². The number of Topliss-reactive ketones (excluding diaryl/α,β-unsaturated/α-hetero) is 1. The number of ketones is 1. The minimum absolute atomic E-state index is 0.0477. The van der Waals surface area contributed by atoms with Gasteiger partial charge in [-0.1, -0.05) is 32.0 Å². The van der Waals surface area contributed by atoms with Crippen LogP contribution in [0.25, 0.3) is 5.76 Å². The summed E-state index contributed by atoms with van der Waals surface area (Å²) in [6.45, 7) is 6.79. The number of benzene rings is 1. The number of rotatable bonds is 8. The number of likely N-dealkylation sites (tertiary alicyclic amines) is 1. The second-order valence-corrected chi connectivity index (χ2v) is 7.01. The third kappa shape index (κ3) is 4.21. The van der Waals surface area contributed by atoms with Gasteiger partial charge in [0.25, 0.3) is 11.7 Å². The third-order valence-corrected chi connectivity index (χ3v) is 5.40. The van der Waals surface area contributed by atoms with Crippen LogP contribution in [0.1, 0.15) is 31.1 Å². The van der Waals surface area contributed by atoms with Crippen molar-refractivity contribution in [3.05, 3.63) is 65.5 Å². The number of carbonyl (C=O) groups excluding carboxylic acids is 2. The molecule has 0 aliphatic carbocycles. The predicted molar refractivity (Wildman–Crippen MR) is 114 cm³/mol. The summed E-state index contributed by atoms with van der Waals surface area (Å²) in [5, 5.41) is 11.0. The van der Waals surface area contributed by atoms with Crippen LogP contribution in [0, 0.1) is 0 Å². The number of aromatic nitrogens is 1. The Bertz CT molecular complexity index is 938. The number of amides is 1. The predicted octanol–water partition coefficient (Wildman–Crippen LogP) is 2.85. The summed E-state index contributed by atoms with van der Waals surface area (Å²) in [6.07, 6.45) is 1.62. The zero-order valence-corrected chi connectivity index (χ0v) is 17.5. The van der Waals surface area contributed by atoms with Crippen molar-refractivity contribution in [3.63, 3.8) is 0 Å². The molecule has 1 atom stereocenters. The fourth-order valence-corrected chi connectivity index (χ4v) is 3.67. The number of ether oxygens (including phenoxy) is 1. The molecule has 1 aromatic carbocycles. The van der Waals surface area contributed by atoms with Gasteiger partial charge >= 0.3 is 0 Å². The Morgan fingerprint density at radius 3 is 2.57 bits per heavy atom. The lowest BCUT2D eigenvalue weighted by atomic mass is 9.98. The summed E-state index contributed by atoms with van der Waals surface area (Å²) < 4.78 is 5.22. The van der Waals surface area contributed by atoms with Crippen molar-refractivity contribution in [2.75, 3.05) is 33.3 Å². The topological polar surface area (TPSA) is 83.0 Å². The van der Waals surface area contributed by atoms with E-state index in [1.807, 2.05) is 0 Å². The molecule has 1 N–H and O–H groups in total. The molecule has 7 heteroatoms. The summed E-state index contributed by atoms with van der Waals surface area (Å²) in [4.78, 5) is 33.9. The van der Waals surface area contributed by atoms with Crippen molar-refractivity contribution in [1.29, 1.82) is 0 Å². The number of methoxy groups -OCH3 is 1. The average molecular weight is 409 g/mol. The first-order valence-electron chi connectivity index (χ1n) is 10.1. The van der Waals surface area contributed by atoms with E-state index >= 15 is 0 Å². The zero-order valence-electron chi connectivity index (χ0n) is 17.5. The summed E-state index contributed by atoms with van der Waals surface area (Å²) in [6, 6.07) is 11.4. The number of hydrogen-bond donors (Lipinski definition) is 1. The van der Waals surface area contributed by atoms with Gasteiger partial charge in [0.1, 0.15) is 17.6 Å². The molecule has 3 rings (SSSR count). The van der Waals surface area contributed by atoms with Gasteiger partial charge in [0.2, 0.25) is 0 Å². The molecular formula is C23H27N3O4. The number of carbonyl (C=O) groups is 2. The molecule has 2 heterocycles. The fourth-order valence-electron chi connectivity index (χ4n) is 3.67. The van der Waals surface area contributed by atoms with Crippen LogP contribution >= 0.6 is 0 Å². The quantitative estimate of drug-likeness (QED) is 0.410. The molecule has 1 amide bonds. The van der Waals surface area contributed by atoms with Gasteiger partial charge in [0, 0.05) is 24.8 Å². The van der Waals surface area contributed by atoms with Gasteiger partial charge in [-0.05, 0) is 37.4 Å². The Morgan fingerprint density at radius 2 is 1.93 bits per heavy atom. The van der Waals surface area contributed by atoms with Gasteiger partial charge in [-0.25, -0.2) is 0 Å². The summed E-state index contributed by atoms with van der Waals surface area (Å²) in [7, 11) is 1.53. The van der Waals surface area contributed by atoms with Crippen molar-refractivity contribution in [1.82, 2.24) is 14.8 Å². The standard InChI is InChI=1S/C23H27N3O4/c1-4-25(5-2)13-14-26-20(18-11-6-7-12-24-18)19(22(28)23(26)29)21(27)16-9-8-10-17(15-16)30-3/h6-12,15,20,27H,4-5,13-14H2,1-3H3/t20-/m1/s1. The molecule has 0 unspecified atom stereocenters. The SMILES string of the molecule is CCN(CC)CCN1C(=O)C(=O)C(=C(O)c2cccc(OC)c2)[C@H]1c1ccccn1. The molecule has 0 radical (unpaired) electrons. The molecule has 2 aromatic rings. The van der Waals surface area contributed by atoms with Crippen molar-refractivity contribution in [2.24, 2.45) is 0 Å². The van der Waals surface area contributed by atoms with E-state index in [0.29, 0.717) is 30.1 Å². The maximum atomic E-state index is 13.0. The molecule has 1 fully saturated rings. The van der Waals surface area contributed by atoms with Crippen LogP contribution in [0.3, 0.4) is 0 Å². The summed E-state index contributed by atoms with van der Waals surface area (Å²) >= 11 is 0. The van der Waals surface area contributed by atoms with E-state index in [4.69, 9.17) is 4.74 Å². The van der Waals surface area contributed by atoms with Gasteiger partial charge < -0.3 is 19.6 Å². The summed E-state index contributed by atoms with van der Waals surface area (Å²) in [5.41, 5.74) is 1.00. The normalized spacial score (nSPS) is 18.3. The smallest absolute Gasteiger partial charge is 0.295 e. The molecule has 7 nitrogen and oxygen atoms in total. The molecule has 0 saturated carbocycles. The molecule has 1 aliphatic heterocycles. The van der Waals surface area contributed by atoms with Crippen LogP contribution in [-0.4, -0.2) is 64.9 Å². The number of nitrogens with zero attached hydrogens (tertiary/aromatic N) is 3. The average Bonchev–Trinajstić information content (AvgIpc) is 3.04. The molecule has 1 aliphatic rings. The first-order valence-corrected chi connectivity index (χ1v) is 10.1. The minimum Gasteiger partial charge on any atom is -0.507 e. The van der Waals surface area contributed by atoms with Crippen LogP contribution in [0.2, 0.25) is 0 Å². The van der Waals surface area contributed by atoms with E-state index in [2.05, 4.69) is 23.7 Å². The van der Waals surface area contributed by atoms with E-state index in [-0.39, 0.29) is 11.3 Å². The van der Waals surface area contributed by atoms with Crippen LogP contribution < -0.4 is 4.74 Å². The van der Waals surface area contributed by atoms with Crippen molar-refractivity contribution in [3.8, 4) is 5.75 Å². The van der Waals surface area contributed by atoms with Crippen molar-refractivity contribution < 1.29 is 19.4 Å². The highest BCUT2D eigenvalue weighted by molar-refractivity contribution is 6.46. The second-order valence-electron chi connectivity index (χ2n) is 7.01. The van der Waals surface area contributed by atoms with Crippen molar-refractivity contribution >= 4 is 17.4 Å². The highest BCUT2D eigenvalue weighted by Crippen LogP contribution is 2.38. The van der Waals surface area contributed by atoms with Crippen LogP contribution in [-0.2, 0) is 9.59 Å². The maximum absolute atomic E-state index is 13.0. The van der Waals surface area contributed by atoms with Gasteiger partial charge in [-0.2, -0.15) is 0 Å². The fraction of sp³-hybridized carbons (Fsp3) is 0.348. The molecule has 30 heavy (non-hydrogen) atoms. The number of aliphatic hydroxyl groups is 1. The Balaban J connectivity index is 2.08. The van der Waals surface area contributed by atoms with E-state index in [1.54, 1.807) is 48.7 Å². The summed E-state index contributed by atoms with van der Waals surface area (Å²) in [5.74, 6) is -1.01. The Kier molecular flexibility index (Phi) is 6.84. The lowest BCUT2D eigenvalue weighted by Gasteiger charge is -2.27. The number of aliphatic hydroxyl groups excluding tert-OH is 1. The van der Waals surface area contributed by atoms with Crippen LogP contribution in [0.5, 0.6) is 5.75 Å². The monoisotopic (exact) mass is 409 g/mol. The highest BCUT2D eigenvalue weighted by atomic mass is 16.5. The van der Waals surface area contributed by atoms with E-state index in [9.17, 15) is 14.7 Å². The first-order chi connectivity index (χ1) is 14.5. The van der Waals surface area contributed by atoms with Crippen molar-refractivity contribution in [2.45, 2.75) is 19.9 Å². The molecule has 1 saturated heterocycles. The first kappa shape index (κ1) is 21.5. The lowest BCUT2D eigenvalue weighted by molar-refractivity contribution is -0.140. The van der Waals surface area contributed by atoms with Gasteiger partial charge in [0.05, 0.1) is 18.4 Å². The zero-order chi connectivity index (χ0) is 21.7. The Hall–Kier alpha value is -3.19. The third-order valence-electron chi connectivity index (χ3n) is 5.40. The molecular weight excluding hydrogens is 382 g/mol. The van der Waals surface area contributed by atoms with Crippen LogP contribution in [0.4, 0.5) is 0 Å². The van der Waals surface area contributed by atoms with Gasteiger partial charge in [-0.3, -0.25) is 14.6 Å². The minimum atomic E-state index is -0.743. The lowest BCUT2D eigenvalue weighted by Crippen LogP contribution is -2.38. The second kappa shape index (κ2) is 9.54. The Labute approximate surface area is 176 Å². The van der Waals surface area contributed by atoms with E-state index in [1.165, 1.54) is 12.0 Å². The van der Waals surface area contributed by atoms with Crippen LogP contribution in [0.15, 0.2) is 54.2 Å². The van der Waals surface area contributed by atoms with E-state index in [0.717, 1.165) is 13.1 Å². The number of hydrogen-bond acceptors (Lipinski definition) is 6. The highest BCUT2D eigenvalue weighted by Gasteiger charge is 2.46. The maximum Gasteiger partial charge on any atom is 0.295 e. The van der Waals surface area contributed by atoms with E-state index < -0.39 is 17.7 Å². The molecule has 0 bridgehead atoms. The Morgan fingerprint density at radius 1 is 1.17 bits per heavy atom. The number of pyridine rings is 1. The molecule has 0 spiro atoms. The largest absolute Gasteiger partial charge is 0.507 e. The number of likely N-dealkylation sites (N-methyl/N-ethyl adjacent to an activating group) is 1. The molecule has 158 valence electrons. The molecule has 1 aromatic heterocycles.